The third kappa shape index (κ3) is 0.544. The van der Waals surface area contributed by atoms with Crippen LogP contribution in [-0.2, 0) is 9.69 Å². The number of rotatable bonds is 0. The first-order valence-electron chi connectivity index (χ1n) is 1.83. The molecule has 32 valence electrons. The molecule has 0 saturated carbocycles. The van der Waals surface area contributed by atoms with Crippen LogP contribution in [0, 0.1) is 0 Å². The molecule has 0 aliphatic carbocycles. The fourth-order valence-electron chi connectivity index (χ4n) is 0.277. The molecule has 0 atom stereocenters. The monoisotopic (exact) mass is 84.0 g/mol. The Morgan fingerprint density at radius 1 is 1.83 bits per heavy atom. The standard InChI is InChI=1S/C3H5BO2/c1-3-2-5-6-4-3/h2,4H,1H3. The van der Waals surface area contributed by atoms with Crippen LogP contribution in [0.2, 0.25) is 0 Å². The zero-order valence-electron chi connectivity index (χ0n) is 3.60. The Bertz CT molecular complexity index is 78.9. The van der Waals surface area contributed by atoms with Crippen molar-refractivity contribution < 1.29 is 9.69 Å². The third-order valence-electron chi connectivity index (χ3n) is 0.604. The van der Waals surface area contributed by atoms with Gasteiger partial charge in [-0.2, -0.15) is 0 Å². The maximum absolute atomic E-state index is 4.46. The first kappa shape index (κ1) is 3.74. The van der Waals surface area contributed by atoms with Crippen molar-refractivity contribution >= 4 is 7.48 Å². The van der Waals surface area contributed by atoms with Gasteiger partial charge in [-0.05, 0) is 12.4 Å². The minimum atomic E-state index is 0.625. The van der Waals surface area contributed by atoms with Gasteiger partial charge in [0.25, 0.3) is 0 Å². The summed E-state index contributed by atoms with van der Waals surface area (Å²) >= 11 is 0. The molecule has 0 fully saturated rings. The number of hydrogen-bond donors (Lipinski definition) is 0. The second-order valence-electron chi connectivity index (χ2n) is 1.32. The molecule has 1 aliphatic rings. The van der Waals surface area contributed by atoms with E-state index in [-0.39, 0.29) is 0 Å². The van der Waals surface area contributed by atoms with Crippen LogP contribution in [0.15, 0.2) is 11.7 Å². The smallest absolute Gasteiger partial charge is 0.363 e. The molecule has 0 saturated heterocycles. The van der Waals surface area contributed by atoms with Crippen LogP contribution in [0.3, 0.4) is 0 Å². The highest BCUT2D eigenvalue weighted by Gasteiger charge is 2.01. The molecule has 3 heteroatoms. The zero-order chi connectivity index (χ0) is 4.41. The summed E-state index contributed by atoms with van der Waals surface area (Å²) < 4.78 is 0. The largest absolute Gasteiger partial charge is 0.371 e. The maximum Gasteiger partial charge on any atom is 0.371 e. The Balaban J connectivity index is 2.45. The minimum absolute atomic E-state index is 0.625. The van der Waals surface area contributed by atoms with E-state index in [2.05, 4.69) is 9.69 Å². The second kappa shape index (κ2) is 1.35. The molecule has 0 N–H and O–H groups in total. The molecule has 0 radical (unpaired) electrons. The lowest BCUT2D eigenvalue weighted by Crippen LogP contribution is -1.86. The van der Waals surface area contributed by atoms with Crippen molar-refractivity contribution in [3.05, 3.63) is 11.7 Å². The fourth-order valence-corrected chi connectivity index (χ4v) is 0.277. The Kier molecular flexibility index (Phi) is 0.840. The predicted molar refractivity (Wildman–Crippen MR) is 23.1 cm³/mol. The van der Waals surface area contributed by atoms with E-state index in [1.54, 1.807) is 6.26 Å². The van der Waals surface area contributed by atoms with Gasteiger partial charge in [0.15, 0.2) is 0 Å². The lowest BCUT2D eigenvalue weighted by atomic mass is 9.92. The summed E-state index contributed by atoms with van der Waals surface area (Å²) in [6.07, 6.45) is 1.60. The Labute approximate surface area is 37.0 Å². The van der Waals surface area contributed by atoms with Gasteiger partial charge in [-0.15, -0.1) is 0 Å². The van der Waals surface area contributed by atoms with E-state index in [9.17, 15) is 0 Å². The average molecular weight is 83.9 g/mol. The van der Waals surface area contributed by atoms with Gasteiger partial charge in [0.05, 0.1) is 0 Å². The molecule has 0 aromatic rings. The van der Waals surface area contributed by atoms with Crippen molar-refractivity contribution in [2.24, 2.45) is 0 Å². The summed E-state index contributed by atoms with van der Waals surface area (Å²) in [7, 11) is 0.625. The Morgan fingerprint density at radius 3 is 2.83 bits per heavy atom. The van der Waals surface area contributed by atoms with E-state index < -0.39 is 0 Å². The lowest BCUT2D eigenvalue weighted by Gasteiger charge is -1.81. The molecular formula is C3H5BO2. The molecule has 0 unspecified atom stereocenters. The second-order valence-corrected chi connectivity index (χ2v) is 1.32. The fraction of sp³-hybridized carbons (Fsp3) is 0.333. The topological polar surface area (TPSA) is 18.5 Å². The van der Waals surface area contributed by atoms with Gasteiger partial charge < -0.3 is 4.89 Å². The molecule has 1 rings (SSSR count). The molecule has 1 aliphatic heterocycles. The van der Waals surface area contributed by atoms with Crippen molar-refractivity contribution in [2.75, 3.05) is 0 Å². The van der Waals surface area contributed by atoms with Crippen LogP contribution in [0.25, 0.3) is 0 Å². The van der Waals surface area contributed by atoms with Gasteiger partial charge >= 0.3 is 7.48 Å². The highest BCUT2D eigenvalue weighted by Crippen LogP contribution is 1.98. The lowest BCUT2D eigenvalue weighted by molar-refractivity contribution is -0.138. The van der Waals surface area contributed by atoms with Crippen molar-refractivity contribution in [2.45, 2.75) is 6.92 Å². The van der Waals surface area contributed by atoms with Gasteiger partial charge in [0.2, 0.25) is 0 Å². The van der Waals surface area contributed by atoms with Gasteiger partial charge in [0.1, 0.15) is 6.26 Å². The van der Waals surface area contributed by atoms with E-state index in [0.29, 0.717) is 7.48 Å². The molecule has 0 spiro atoms. The van der Waals surface area contributed by atoms with E-state index in [1.165, 1.54) is 0 Å². The number of hydrogen-bond acceptors (Lipinski definition) is 2. The Hall–Kier alpha value is -0.435. The van der Waals surface area contributed by atoms with Crippen molar-refractivity contribution in [1.82, 2.24) is 0 Å². The molecule has 0 aromatic heterocycles. The number of allylic oxidation sites excluding steroid dienone is 1. The molecule has 6 heavy (non-hydrogen) atoms. The van der Waals surface area contributed by atoms with E-state index in [0.717, 1.165) is 5.47 Å². The van der Waals surface area contributed by atoms with Gasteiger partial charge in [-0.1, -0.05) is 0 Å². The first-order valence-corrected chi connectivity index (χ1v) is 1.83. The van der Waals surface area contributed by atoms with Gasteiger partial charge in [0, 0.05) is 0 Å². The van der Waals surface area contributed by atoms with Crippen molar-refractivity contribution in [3.63, 3.8) is 0 Å². The summed E-state index contributed by atoms with van der Waals surface area (Å²) in [4.78, 5) is 8.86. The van der Waals surface area contributed by atoms with E-state index in [1.807, 2.05) is 6.92 Å². The quantitative estimate of drug-likeness (QED) is 0.307. The van der Waals surface area contributed by atoms with Crippen LogP contribution in [0.1, 0.15) is 6.92 Å². The van der Waals surface area contributed by atoms with Crippen LogP contribution < -0.4 is 0 Å². The SMILES string of the molecule is CC1=COOB1. The zero-order valence-corrected chi connectivity index (χ0v) is 3.60. The van der Waals surface area contributed by atoms with E-state index >= 15 is 0 Å². The van der Waals surface area contributed by atoms with Crippen LogP contribution in [0.4, 0.5) is 0 Å². The summed E-state index contributed by atoms with van der Waals surface area (Å²) in [6, 6.07) is 0. The molecule has 0 bridgehead atoms. The molecular weight excluding hydrogens is 78.8 g/mol. The first-order chi connectivity index (χ1) is 2.89. The molecule has 0 aromatic carbocycles. The normalized spacial score (nSPS) is 18.5. The predicted octanol–water partition coefficient (Wildman–Crippen LogP) is 0.161. The summed E-state index contributed by atoms with van der Waals surface area (Å²) in [5.41, 5.74) is 1.13. The maximum atomic E-state index is 4.46. The van der Waals surface area contributed by atoms with Crippen LogP contribution in [-0.4, -0.2) is 7.48 Å². The van der Waals surface area contributed by atoms with E-state index in [4.69, 9.17) is 0 Å². The van der Waals surface area contributed by atoms with Crippen molar-refractivity contribution in [1.29, 1.82) is 0 Å². The highest BCUT2D eigenvalue weighted by molar-refractivity contribution is 6.37. The highest BCUT2D eigenvalue weighted by atomic mass is 17.2. The summed E-state index contributed by atoms with van der Waals surface area (Å²) in [6.45, 7) is 1.95. The molecule has 0 amide bonds. The molecule has 1 heterocycles. The van der Waals surface area contributed by atoms with Gasteiger partial charge in [-0.3, -0.25) is 4.81 Å². The summed E-state index contributed by atoms with van der Waals surface area (Å²) in [5.74, 6) is 0. The van der Waals surface area contributed by atoms with Gasteiger partial charge in [-0.25, -0.2) is 0 Å². The minimum Gasteiger partial charge on any atom is -0.363 e. The van der Waals surface area contributed by atoms with Crippen LogP contribution >= 0.6 is 0 Å². The van der Waals surface area contributed by atoms with Crippen LogP contribution in [0.5, 0.6) is 0 Å². The average Bonchev–Trinajstić information content (AvgIpc) is 1.86. The molecule has 2 nitrogen and oxygen atoms in total. The van der Waals surface area contributed by atoms with Crippen molar-refractivity contribution in [3.8, 4) is 0 Å². The summed E-state index contributed by atoms with van der Waals surface area (Å²) in [5, 5.41) is 0. The third-order valence-corrected chi connectivity index (χ3v) is 0.604. The Morgan fingerprint density at radius 2 is 2.67 bits per heavy atom.